The highest BCUT2D eigenvalue weighted by atomic mass is 19.1. The van der Waals surface area contributed by atoms with E-state index in [0.717, 1.165) is 6.07 Å². The van der Waals surface area contributed by atoms with Crippen LogP contribution in [0.4, 0.5) is 8.78 Å². The van der Waals surface area contributed by atoms with Crippen molar-refractivity contribution in [2.45, 2.75) is 33.2 Å². The predicted octanol–water partition coefficient (Wildman–Crippen LogP) is 2.26. The van der Waals surface area contributed by atoms with Gasteiger partial charge >= 0.3 is 0 Å². The van der Waals surface area contributed by atoms with Gasteiger partial charge in [0.05, 0.1) is 6.54 Å². The maximum absolute atomic E-state index is 13.0. The highest BCUT2D eigenvalue weighted by molar-refractivity contribution is 5.78. The zero-order valence-corrected chi connectivity index (χ0v) is 12.2. The fourth-order valence-electron chi connectivity index (χ4n) is 1.66. The Bertz CT molecular complexity index is 429. The van der Waals surface area contributed by atoms with E-state index in [9.17, 15) is 13.6 Å². The largest absolute Gasteiger partial charge is 0.352 e. The molecule has 0 spiro atoms. The number of carbonyl (C=O) groups excluding carboxylic acids is 1. The molecule has 0 aliphatic carbocycles. The fraction of sp³-hybridized carbons (Fsp3) is 0.533. The lowest BCUT2D eigenvalue weighted by Crippen LogP contribution is -2.41. The molecule has 0 saturated heterocycles. The second-order valence-corrected chi connectivity index (χ2v) is 5.30. The second-order valence-electron chi connectivity index (χ2n) is 5.30. The summed E-state index contributed by atoms with van der Waals surface area (Å²) in [5.74, 6) is -0.849. The van der Waals surface area contributed by atoms with Crippen molar-refractivity contribution in [3.8, 4) is 0 Å². The van der Waals surface area contributed by atoms with Crippen molar-refractivity contribution < 1.29 is 13.6 Å². The molecule has 1 atom stereocenters. The number of hydrogen-bond donors (Lipinski definition) is 2. The molecule has 112 valence electrons. The van der Waals surface area contributed by atoms with Gasteiger partial charge in [0.2, 0.25) is 5.91 Å². The normalized spacial score (nSPS) is 12.5. The van der Waals surface area contributed by atoms with Gasteiger partial charge in [0.15, 0.2) is 0 Å². The van der Waals surface area contributed by atoms with Gasteiger partial charge in [-0.05, 0) is 43.5 Å². The van der Waals surface area contributed by atoms with Crippen LogP contribution in [0.5, 0.6) is 0 Å². The first-order valence-electron chi connectivity index (χ1n) is 6.83. The predicted molar refractivity (Wildman–Crippen MR) is 75.4 cm³/mol. The van der Waals surface area contributed by atoms with Gasteiger partial charge in [-0.15, -0.1) is 0 Å². The maximum Gasteiger partial charge on any atom is 0.234 e. The molecule has 0 aliphatic heterocycles. The highest BCUT2D eigenvalue weighted by Crippen LogP contribution is 2.08. The lowest BCUT2D eigenvalue weighted by atomic mass is 10.1. The lowest BCUT2D eigenvalue weighted by Gasteiger charge is -2.17. The van der Waals surface area contributed by atoms with Crippen LogP contribution in [0.1, 0.15) is 26.3 Å². The molecule has 1 aromatic carbocycles. The van der Waals surface area contributed by atoms with Crippen molar-refractivity contribution in [2.75, 3.05) is 13.1 Å². The molecule has 1 amide bonds. The van der Waals surface area contributed by atoms with Crippen LogP contribution in [0.25, 0.3) is 0 Å². The van der Waals surface area contributed by atoms with E-state index < -0.39 is 11.6 Å². The lowest BCUT2D eigenvalue weighted by molar-refractivity contribution is -0.121. The molecule has 0 bridgehead atoms. The summed E-state index contributed by atoms with van der Waals surface area (Å²) in [4.78, 5) is 11.6. The van der Waals surface area contributed by atoms with Gasteiger partial charge in [-0.2, -0.15) is 0 Å². The van der Waals surface area contributed by atoms with Gasteiger partial charge in [-0.25, -0.2) is 8.78 Å². The zero-order chi connectivity index (χ0) is 15.1. The summed E-state index contributed by atoms with van der Waals surface area (Å²) in [5.41, 5.74) is 0.575. The molecule has 20 heavy (non-hydrogen) atoms. The SMILES string of the molecule is CC(C)C(C)NC(=O)CNCCc1cc(F)cc(F)c1. The van der Waals surface area contributed by atoms with Gasteiger partial charge in [0, 0.05) is 12.1 Å². The zero-order valence-electron chi connectivity index (χ0n) is 12.2. The van der Waals surface area contributed by atoms with Crippen LogP contribution in [-0.4, -0.2) is 25.0 Å². The second kappa shape index (κ2) is 7.94. The summed E-state index contributed by atoms with van der Waals surface area (Å²) < 4.78 is 25.9. The van der Waals surface area contributed by atoms with Gasteiger partial charge in [0.25, 0.3) is 0 Å². The quantitative estimate of drug-likeness (QED) is 0.754. The van der Waals surface area contributed by atoms with Crippen molar-refractivity contribution in [3.05, 3.63) is 35.4 Å². The standard InChI is InChI=1S/C15H22F2N2O/c1-10(2)11(3)19-15(20)9-18-5-4-12-6-13(16)8-14(17)7-12/h6-8,10-11,18H,4-5,9H2,1-3H3,(H,19,20). The number of halogens is 2. The van der Waals surface area contributed by atoms with Crippen LogP contribution >= 0.6 is 0 Å². The number of hydrogen-bond acceptors (Lipinski definition) is 2. The summed E-state index contributed by atoms with van der Waals surface area (Å²) in [6.45, 7) is 6.73. The molecular formula is C15H22F2N2O. The molecule has 0 saturated carbocycles. The first-order valence-corrected chi connectivity index (χ1v) is 6.83. The van der Waals surface area contributed by atoms with E-state index in [1.165, 1.54) is 12.1 Å². The van der Waals surface area contributed by atoms with Crippen molar-refractivity contribution >= 4 is 5.91 Å². The van der Waals surface area contributed by atoms with Gasteiger partial charge in [-0.1, -0.05) is 13.8 Å². The third-order valence-electron chi connectivity index (χ3n) is 3.19. The van der Waals surface area contributed by atoms with E-state index in [-0.39, 0.29) is 18.5 Å². The third kappa shape index (κ3) is 6.10. The first-order chi connectivity index (χ1) is 9.38. The number of benzene rings is 1. The van der Waals surface area contributed by atoms with E-state index in [1.54, 1.807) is 0 Å². The van der Waals surface area contributed by atoms with Gasteiger partial charge in [0.1, 0.15) is 11.6 Å². The van der Waals surface area contributed by atoms with Crippen LogP contribution in [0.3, 0.4) is 0 Å². The summed E-state index contributed by atoms with van der Waals surface area (Å²) >= 11 is 0. The Morgan fingerprint density at radius 2 is 1.75 bits per heavy atom. The Kier molecular flexibility index (Phi) is 6.58. The van der Waals surface area contributed by atoms with E-state index in [1.807, 2.05) is 20.8 Å². The Balaban J connectivity index is 2.26. The minimum absolute atomic E-state index is 0.0726. The molecule has 0 radical (unpaired) electrons. The average molecular weight is 284 g/mol. The summed E-state index contributed by atoms with van der Waals surface area (Å²) in [6, 6.07) is 3.57. The first kappa shape index (κ1) is 16.6. The summed E-state index contributed by atoms with van der Waals surface area (Å²) in [5, 5.41) is 5.83. The van der Waals surface area contributed by atoms with Crippen molar-refractivity contribution in [3.63, 3.8) is 0 Å². The van der Waals surface area contributed by atoms with Crippen LogP contribution in [0, 0.1) is 17.6 Å². The van der Waals surface area contributed by atoms with Crippen molar-refractivity contribution in [1.82, 2.24) is 10.6 Å². The molecule has 5 heteroatoms. The molecule has 1 aromatic rings. The molecule has 1 rings (SSSR count). The minimum Gasteiger partial charge on any atom is -0.352 e. The fourth-order valence-corrected chi connectivity index (χ4v) is 1.66. The number of amides is 1. The third-order valence-corrected chi connectivity index (χ3v) is 3.19. The topological polar surface area (TPSA) is 41.1 Å². The van der Waals surface area contributed by atoms with E-state index >= 15 is 0 Å². The van der Waals surface area contributed by atoms with Crippen molar-refractivity contribution in [2.24, 2.45) is 5.92 Å². The average Bonchev–Trinajstić information content (AvgIpc) is 2.33. The molecule has 3 nitrogen and oxygen atoms in total. The molecular weight excluding hydrogens is 262 g/mol. The number of carbonyl (C=O) groups is 1. The smallest absolute Gasteiger partial charge is 0.234 e. The molecule has 2 N–H and O–H groups in total. The van der Waals surface area contributed by atoms with Crippen molar-refractivity contribution in [1.29, 1.82) is 0 Å². The van der Waals surface area contributed by atoms with Crippen LogP contribution in [-0.2, 0) is 11.2 Å². The number of nitrogens with one attached hydrogen (secondary N) is 2. The maximum atomic E-state index is 13.0. The van der Waals surface area contributed by atoms with Gasteiger partial charge < -0.3 is 10.6 Å². The van der Waals surface area contributed by atoms with Crippen LogP contribution in [0.15, 0.2) is 18.2 Å². The Labute approximate surface area is 118 Å². The Morgan fingerprint density at radius 1 is 1.15 bits per heavy atom. The van der Waals surface area contributed by atoms with Gasteiger partial charge in [-0.3, -0.25) is 4.79 Å². The number of rotatable bonds is 7. The Hall–Kier alpha value is -1.49. The van der Waals surface area contributed by atoms with E-state index in [0.29, 0.717) is 24.4 Å². The summed E-state index contributed by atoms with van der Waals surface area (Å²) in [6.07, 6.45) is 0.474. The Morgan fingerprint density at radius 3 is 2.30 bits per heavy atom. The molecule has 1 unspecified atom stereocenters. The van der Waals surface area contributed by atoms with E-state index in [2.05, 4.69) is 10.6 Å². The summed E-state index contributed by atoms with van der Waals surface area (Å²) in [7, 11) is 0. The van der Waals surface area contributed by atoms with E-state index in [4.69, 9.17) is 0 Å². The molecule has 0 aromatic heterocycles. The van der Waals surface area contributed by atoms with Crippen LogP contribution < -0.4 is 10.6 Å². The monoisotopic (exact) mass is 284 g/mol. The highest BCUT2D eigenvalue weighted by Gasteiger charge is 2.10. The van der Waals surface area contributed by atoms with Crippen LogP contribution in [0.2, 0.25) is 0 Å². The minimum atomic E-state index is -0.580. The molecule has 0 aliphatic rings. The molecule has 0 fully saturated rings. The molecule has 0 heterocycles.